The van der Waals surface area contributed by atoms with Crippen molar-refractivity contribution in [1.82, 2.24) is 16.0 Å². The number of hydrogen-bond acceptors (Lipinski definition) is 3. The molecule has 2 amide bonds. The van der Waals surface area contributed by atoms with Crippen LogP contribution in [0.4, 0.5) is 0 Å². The average Bonchev–Trinajstić information content (AvgIpc) is 2.47. The fraction of sp³-hybridized carbons (Fsp3) is 0.429. The first-order valence-corrected chi connectivity index (χ1v) is 6.59. The summed E-state index contributed by atoms with van der Waals surface area (Å²) in [6, 6.07) is 9.11. The molecule has 2 rings (SSSR count). The van der Waals surface area contributed by atoms with E-state index in [1.165, 1.54) is 0 Å². The molecule has 0 atom stereocenters. The fourth-order valence-corrected chi connectivity index (χ4v) is 2.10. The van der Waals surface area contributed by atoms with Gasteiger partial charge in [-0.3, -0.25) is 9.59 Å². The van der Waals surface area contributed by atoms with Crippen LogP contribution in [0.15, 0.2) is 30.3 Å². The van der Waals surface area contributed by atoms with Crippen molar-refractivity contribution < 1.29 is 9.59 Å². The van der Waals surface area contributed by atoms with Gasteiger partial charge in [0.15, 0.2) is 0 Å². The molecule has 0 aromatic heterocycles. The van der Waals surface area contributed by atoms with Crippen molar-refractivity contribution in [1.29, 1.82) is 0 Å². The summed E-state index contributed by atoms with van der Waals surface area (Å²) in [5.74, 6) is -0.350. The normalized spacial score (nSPS) is 15.0. The molecule has 1 aromatic carbocycles. The molecule has 0 spiro atoms. The molecule has 3 N–H and O–H groups in total. The van der Waals surface area contributed by atoms with Gasteiger partial charge in [-0.25, -0.2) is 0 Å². The molecule has 1 heterocycles. The third-order valence-electron chi connectivity index (χ3n) is 3.15. The lowest BCUT2D eigenvalue weighted by atomic mass is 10.1. The molecule has 1 saturated heterocycles. The Morgan fingerprint density at radius 2 is 1.80 bits per heavy atom. The molecular formula is C14H20ClN3O2. The number of rotatable bonds is 4. The summed E-state index contributed by atoms with van der Waals surface area (Å²) >= 11 is 0. The monoisotopic (exact) mass is 297 g/mol. The Morgan fingerprint density at radius 3 is 2.45 bits per heavy atom. The maximum Gasteiger partial charge on any atom is 0.251 e. The Bertz CT molecular complexity index is 433. The summed E-state index contributed by atoms with van der Waals surface area (Å²) in [6.45, 7) is 1.89. The Labute approximate surface area is 124 Å². The van der Waals surface area contributed by atoms with Crippen molar-refractivity contribution in [2.45, 2.75) is 18.9 Å². The molecular weight excluding hydrogens is 278 g/mol. The van der Waals surface area contributed by atoms with Crippen LogP contribution in [0.2, 0.25) is 0 Å². The first-order chi connectivity index (χ1) is 9.25. The Kier molecular flexibility index (Phi) is 7.04. The summed E-state index contributed by atoms with van der Waals surface area (Å²) in [6.07, 6.45) is 1.89. The molecule has 5 nitrogen and oxygen atoms in total. The lowest BCUT2D eigenvalue weighted by Crippen LogP contribution is -2.46. The van der Waals surface area contributed by atoms with Gasteiger partial charge in [-0.1, -0.05) is 18.2 Å². The third-order valence-corrected chi connectivity index (χ3v) is 3.15. The van der Waals surface area contributed by atoms with Gasteiger partial charge >= 0.3 is 0 Å². The van der Waals surface area contributed by atoms with E-state index in [0.29, 0.717) is 5.56 Å². The number of carbonyl (C=O) groups excluding carboxylic acids is 2. The van der Waals surface area contributed by atoms with Gasteiger partial charge < -0.3 is 16.0 Å². The smallest absolute Gasteiger partial charge is 0.251 e. The summed E-state index contributed by atoms with van der Waals surface area (Å²) in [5.41, 5.74) is 0.567. The standard InChI is InChI=1S/C14H19N3O2.ClH/c18-13(17-12-6-8-15-9-7-12)10-16-14(19)11-4-2-1-3-5-11;/h1-5,12,15H,6-10H2,(H,16,19)(H,17,18);1H. The molecule has 0 radical (unpaired) electrons. The summed E-state index contributed by atoms with van der Waals surface area (Å²) in [4.78, 5) is 23.4. The molecule has 0 aliphatic carbocycles. The zero-order valence-corrected chi connectivity index (χ0v) is 12.0. The predicted molar refractivity (Wildman–Crippen MR) is 80.1 cm³/mol. The van der Waals surface area contributed by atoms with Crippen molar-refractivity contribution in [2.75, 3.05) is 19.6 Å². The maximum atomic E-state index is 11.7. The van der Waals surface area contributed by atoms with Crippen LogP contribution >= 0.6 is 12.4 Å². The van der Waals surface area contributed by atoms with Crippen LogP contribution in [0.25, 0.3) is 0 Å². The number of nitrogens with one attached hydrogen (secondary N) is 3. The van der Waals surface area contributed by atoms with Crippen molar-refractivity contribution in [2.24, 2.45) is 0 Å². The highest BCUT2D eigenvalue weighted by Crippen LogP contribution is 2.01. The van der Waals surface area contributed by atoms with Gasteiger partial charge in [0.2, 0.25) is 5.91 Å². The third kappa shape index (κ3) is 5.19. The lowest BCUT2D eigenvalue weighted by Gasteiger charge is -2.23. The molecule has 0 saturated carbocycles. The van der Waals surface area contributed by atoms with E-state index in [-0.39, 0.29) is 36.8 Å². The number of benzene rings is 1. The van der Waals surface area contributed by atoms with Crippen LogP contribution in [-0.4, -0.2) is 37.5 Å². The van der Waals surface area contributed by atoms with E-state index in [4.69, 9.17) is 0 Å². The van der Waals surface area contributed by atoms with Gasteiger partial charge in [0.05, 0.1) is 6.54 Å². The first kappa shape index (κ1) is 16.5. The van der Waals surface area contributed by atoms with Gasteiger partial charge in [0.1, 0.15) is 0 Å². The summed E-state index contributed by atoms with van der Waals surface area (Å²) in [5, 5.41) is 8.79. The number of piperidine rings is 1. The summed E-state index contributed by atoms with van der Waals surface area (Å²) in [7, 11) is 0. The van der Waals surface area contributed by atoms with Crippen molar-refractivity contribution in [3.05, 3.63) is 35.9 Å². The van der Waals surface area contributed by atoms with E-state index in [2.05, 4.69) is 16.0 Å². The van der Waals surface area contributed by atoms with E-state index in [1.54, 1.807) is 24.3 Å². The molecule has 110 valence electrons. The van der Waals surface area contributed by atoms with Crippen molar-refractivity contribution in [3.63, 3.8) is 0 Å². The molecule has 0 bridgehead atoms. The van der Waals surface area contributed by atoms with Crippen LogP contribution in [0.3, 0.4) is 0 Å². The minimum atomic E-state index is -0.221. The minimum Gasteiger partial charge on any atom is -0.352 e. The fourth-order valence-electron chi connectivity index (χ4n) is 2.10. The molecule has 1 aliphatic heterocycles. The molecule has 1 fully saturated rings. The van der Waals surface area contributed by atoms with E-state index in [0.717, 1.165) is 25.9 Å². The van der Waals surface area contributed by atoms with Gasteiger partial charge in [-0.15, -0.1) is 12.4 Å². The zero-order chi connectivity index (χ0) is 13.5. The second-order valence-corrected chi connectivity index (χ2v) is 4.64. The van der Waals surface area contributed by atoms with E-state index >= 15 is 0 Å². The highest BCUT2D eigenvalue weighted by molar-refractivity contribution is 5.96. The predicted octanol–water partition coefficient (Wildman–Crippen LogP) is 0.706. The molecule has 6 heteroatoms. The number of amides is 2. The second-order valence-electron chi connectivity index (χ2n) is 4.64. The SMILES string of the molecule is Cl.O=C(CNC(=O)c1ccccc1)NC1CCNCC1. The van der Waals surface area contributed by atoms with Gasteiger partial charge in [-0.2, -0.15) is 0 Å². The molecule has 1 aromatic rings. The molecule has 1 aliphatic rings. The van der Waals surface area contributed by atoms with E-state index in [9.17, 15) is 9.59 Å². The highest BCUT2D eigenvalue weighted by Gasteiger charge is 2.15. The summed E-state index contributed by atoms with van der Waals surface area (Å²) < 4.78 is 0. The van der Waals surface area contributed by atoms with Crippen LogP contribution in [0.5, 0.6) is 0 Å². The van der Waals surface area contributed by atoms with Gasteiger partial charge in [0.25, 0.3) is 5.91 Å². The number of carbonyl (C=O) groups is 2. The van der Waals surface area contributed by atoms with Crippen LogP contribution in [0.1, 0.15) is 23.2 Å². The molecule has 0 unspecified atom stereocenters. The average molecular weight is 298 g/mol. The lowest BCUT2D eigenvalue weighted by molar-refractivity contribution is -0.121. The number of hydrogen-bond donors (Lipinski definition) is 3. The van der Waals surface area contributed by atoms with Crippen LogP contribution in [-0.2, 0) is 4.79 Å². The largest absolute Gasteiger partial charge is 0.352 e. The Hall–Kier alpha value is -1.59. The zero-order valence-electron chi connectivity index (χ0n) is 11.2. The minimum absolute atomic E-state index is 0. The second kappa shape index (κ2) is 8.55. The Balaban J connectivity index is 0.00000200. The van der Waals surface area contributed by atoms with Crippen molar-refractivity contribution >= 4 is 24.2 Å². The maximum absolute atomic E-state index is 11.7. The first-order valence-electron chi connectivity index (χ1n) is 6.59. The van der Waals surface area contributed by atoms with Gasteiger partial charge in [0, 0.05) is 11.6 Å². The van der Waals surface area contributed by atoms with E-state index in [1.807, 2.05) is 6.07 Å². The Morgan fingerprint density at radius 1 is 1.15 bits per heavy atom. The highest BCUT2D eigenvalue weighted by atomic mass is 35.5. The van der Waals surface area contributed by atoms with E-state index < -0.39 is 0 Å². The van der Waals surface area contributed by atoms with Crippen molar-refractivity contribution in [3.8, 4) is 0 Å². The van der Waals surface area contributed by atoms with Crippen LogP contribution < -0.4 is 16.0 Å². The molecule has 20 heavy (non-hydrogen) atoms. The quantitative estimate of drug-likeness (QED) is 0.766. The van der Waals surface area contributed by atoms with Gasteiger partial charge in [-0.05, 0) is 38.1 Å². The van der Waals surface area contributed by atoms with Crippen LogP contribution in [0, 0.1) is 0 Å². The number of halogens is 1. The topological polar surface area (TPSA) is 70.2 Å².